The van der Waals surface area contributed by atoms with E-state index in [1.165, 1.54) is 0 Å². The number of aryl methyl sites for hydroxylation is 1. The topological polar surface area (TPSA) is 60.9 Å². The molecule has 2 aliphatic heterocycles. The molecule has 106 valence electrons. The summed E-state index contributed by atoms with van der Waals surface area (Å²) < 4.78 is 0. The lowest BCUT2D eigenvalue weighted by Gasteiger charge is -2.30. The van der Waals surface area contributed by atoms with Crippen molar-refractivity contribution >= 4 is 17.5 Å². The molecule has 2 heterocycles. The molecule has 0 bridgehead atoms. The van der Waals surface area contributed by atoms with Crippen molar-refractivity contribution in [2.75, 3.05) is 24.5 Å². The predicted molar refractivity (Wildman–Crippen MR) is 74.3 cm³/mol. The quantitative estimate of drug-likeness (QED) is 0.857. The Balaban J connectivity index is 1.76. The van der Waals surface area contributed by atoms with Gasteiger partial charge < -0.3 is 14.9 Å². The molecule has 2 aliphatic rings. The first kappa shape index (κ1) is 13.1. The zero-order valence-corrected chi connectivity index (χ0v) is 11.3. The molecule has 1 atom stereocenters. The van der Waals surface area contributed by atoms with Crippen LogP contribution in [0.25, 0.3) is 0 Å². The van der Waals surface area contributed by atoms with Crippen LogP contribution in [0.3, 0.4) is 0 Å². The van der Waals surface area contributed by atoms with Crippen molar-refractivity contribution < 1.29 is 14.7 Å². The van der Waals surface area contributed by atoms with Crippen LogP contribution >= 0.6 is 0 Å². The van der Waals surface area contributed by atoms with Crippen LogP contribution in [-0.4, -0.2) is 47.6 Å². The number of carbonyl (C=O) groups is 2. The summed E-state index contributed by atoms with van der Waals surface area (Å²) in [5, 5.41) is 9.49. The largest absolute Gasteiger partial charge is 0.391 e. The van der Waals surface area contributed by atoms with Crippen molar-refractivity contribution in [3.8, 4) is 0 Å². The van der Waals surface area contributed by atoms with Gasteiger partial charge in [0, 0.05) is 25.2 Å². The monoisotopic (exact) mass is 274 g/mol. The van der Waals surface area contributed by atoms with Crippen molar-refractivity contribution in [1.29, 1.82) is 0 Å². The van der Waals surface area contributed by atoms with E-state index in [1.807, 2.05) is 24.3 Å². The molecule has 1 N–H and O–H groups in total. The highest BCUT2D eigenvalue weighted by atomic mass is 16.3. The highest BCUT2D eigenvalue weighted by Crippen LogP contribution is 2.27. The van der Waals surface area contributed by atoms with Crippen LogP contribution in [0.2, 0.25) is 0 Å². The maximum absolute atomic E-state index is 12.2. The predicted octanol–water partition coefficient (Wildman–Crippen LogP) is 0.559. The number of rotatable bonds is 2. The van der Waals surface area contributed by atoms with E-state index in [0.29, 0.717) is 25.9 Å². The van der Waals surface area contributed by atoms with Gasteiger partial charge in [0.2, 0.25) is 11.8 Å². The number of hydrogen-bond acceptors (Lipinski definition) is 3. The highest BCUT2D eigenvalue weighted by molar-refractivity contribution is 6.01. The number of nitrogens with zero attached hydrogens (tertiary/aromatic N) is 2. The van der Waals surface area contributed by atoms with Crippen LogP contribution < -0.4 is 4.90 Å². The molecular weight excluding hydrogens is 256 g/mol. The maximum atomic E-state index is 12.2. The molecule has 5 heteroatoms. The molecule has 3 rings (SSSR count). The SMILES string of the molecule is O=C(CN1C(=O)CCc2ccccc21)N1CC[C@@H](O)C1. The zero-order valence-electron chi connectivity index (χ0n) is 11.3. The summed E-state index contributed by atoms with van der Waals surface area (Å²) in [4.78, 5) is 27.5. The van der Waals surface area contributed by atoms with Gasteiger partial charge in [-0.05, 0) is 24.5 Å². The average molecular weight is 274 g/mol. The molecule has 1 aromatic rings. The number of likely N-dealkylation sites (tertiary alicyclic amines) is 1. The summed E-state index contributed by atoms with van der Waals surface area (Å²) in [5.74, 6) is -0.0941. The number of aliphatic hydroxyl groups is 1. The van der Waals surface area contributed by atoms with Crippen molar-refractivity contribution in [2.24, 2.45) is 0 Å². The molecule has 5 nitrogen and oxygen atoms in total. The molecule has 0 saturated carbocycles. The van der Waals surface area contributed by atoms with Gasteiger partial charge in [-0.1, -0.05) is 18.2 Å². The summed E-state index contributed by atoms with van der Waals surface area (Å²) in [6.45, 7) is 1.02. The van der Waals surface area contributed by atoms with Gasteiger partial charge in [-0.15, -0.1) is 0 Å². The smallest absolute Gasteiger partial charge is 0.242 e. The Morgan fingerprint density at radius 2 is 2.10 bits per heavy atom. The molecule has 1 aromatic carbocycles. The number of β-amino-alcohol motifs (C(OH)–C–C–N with tert-alkyl or cyclic N) is 1. The number of anilines is 1. The first-order valence-corrected chi connectivity index (χ1v) is 6.99. The second-order valence-electron chi connectivity index (χ2n) is 5.39. The number of fused-ring (bicyclic) bond motifs is 1. The van der Waals surface area contributed by atoms with E-state index in [2.05, 4.69) is 0 Å². The van der Waals surface area contributed by atoms with Crippen molar-refractivity contribution in [1.82, 2.24) is 4.90 Å². The van der Waals surface area contributed by atoms with E-state index in [1.54, 1.807) is 9.80 Å². The fourth-order valence-corrected chi connectivity index (χ4v) is 2.87. The molecule has 0 aromatic heterocycles. The lowest BCUT2D eigenvalue weighted by atomic mass is 10.0. The number of carbonyl (C=O) groups excluding carboxylic acids is 2. The van der Waals surface area contributed by atoms with Crippen LogP contribution in [0, 0.1) is 0 Å². The Kier molecular flexibility index (Phi) is 3.44. The number of benzene rings is 1. The summed E-state index contributed by atoms with van der Waals surface area (Å²) in [6.07, 6.45) is 1.38. The summed E-state index contributed by atoms with van der Waals surface area (Å²) in [6, 6.07) is 7.72. The Hall–Kier alpha value is -1.88. The molecule has 0 unspecified atom stereocenters. The summed E-state index contributed by atoms with van der Waals surface area (Å²) in [7, 11) is 0. The van der Waals surface area contributed by atoms with Crippen LogP contribution in [0.15, 0.2) is 24.3 Å². The number of hydrogen-bond donors (Lipinski definition) is 1. The standard InChI is InChI=1S/C15H18N2O3/c18-12-7-8-16(9-12)15(20)10-17-13-4-2-1-3-11(13)5-6-14(17)19/h1-4,12,18H,5-10H2/t12-/m1/s1. The number of para-hydroxylation sites is 1. The van der Waals surface area contributed by atoms with Crippen molar-refractivity contribution in [3.63, 3.8) is 0 Å². The van der Waals surface area contributed by atoms with Gasteiger partial charge in [-0.3, -0.25) is 9.59 Å². The zero-order chi connectivity index (χ0) is 14.1. The Morgan fingerprint density at radius 3 is 2.85 bits per heavy atom. The minimum atomic E-state index is -0.428. The van der Waals surface area contributed by atoms with Crippen molar-refractivity contribution in [2.45, 2.75) is 25.4 Å². The van der Waals surface area contributed by atoms with Crippen LogP contribution in [0.5, 0.6) is 0 Å². The first-order valence-electron chi connectivity index (χ1n) is 6.99. The molecule has 0 radical (unpaired) electrons. The van der Waals surface area contributed by atoms with E-state index in [9.17, 15) is 14.7 Å². The molecule has 0 spiro atoms. The second-order valence-corrected chi connectivity index (χ2v) is 5.39. The molecule has 20 heavy (non-hydrogen) atoms. The third kappa shape index (κ3) is 2.41. The number of aliphatic hydroxyl groups excluding tert-OH is 1. The lowest BCUT2D eigenvalue weighted by molar-refractivity contribution is -0.131. The molecule has 1 saturated heterocycles. The lowest BCUT2D eigenvalue weighted by Crippen LogP contribution is -2.44. The third-order valence-electron chi connectivity index (χ3n) is 4.00. The normalized spacial score (nSPS) is 22.1. The Bertz CT molecular complexity index is 544. The Labute approximate surface area is 117 Å². The minimum absolute atomic E-state index is 0.00297. The molecular formula is C15H18N2O3. The highest BCUT2D eigenvalue weighted by Gasteiger charge is 2.30. The van der Waals surface area contributed by atoms with Gasteiger partial charge in [0.15, 0.2) is 0 Å². The van der Waals surface area contributed by atoms with Crippen molar-refractivity contribution in [3.05, 3.63) is 29.8 Å². The van der Waals surface area contributed by atoms with E-state index < -0.39 is 6.10 Å². The summed E-state index contributed by atoms with van der Waals surface area (Å²) in [5.41, 5.74) is 1.96. The van der Waals surface area contributed by atoms with Crippen LogP contribution in [0.4, 0.5) is 5.69 Å². The van der Waals surface area contributed by atoms with Gasteiger partial charge in [-0.2, -0.15) is 0 Å². The molecule has 2 amide bonds. The van der Waals surface area contributed by atoms with Gasteiger partial charge in [0.1, 0.15) is 6.54 Å². The van der Waals surface area contributed by atoms with Crippen LogP contribution in [-0.2, 0) is 16.0 Å². The van der Waals surface area contributed by atoms with Crippen LogP contribution in [0.1, 0.15) is 18.4 Å². The fraction of sp³-hybridized carbons (Fsp3) is 0.467. The van der Waals surface area contributed by atoms with Gasteiger partial charge >= 0.3 is 0 Å². The second kappa shape index (κ2) is 5.25. The molecule has 1 fully saturated rings. The minimum Gasteiger partial charge on any atom is -0.391 e. The average Bonchev–Trinajstić information content (AvgIpc) is 2.89. The van der Waals surface area contributed by atoms with E-state index in [0.717, 1.165) is 17.7 Å². The maximum Gasteiger partial charge on any atom is 0.242 e. The van der Waals surface area contributed by atoms with E-state index in [4.69, 9.17) is 0 Å². The molecule has 0 aliphatic carbocycles. The Morgan fingerprint density at radius 1 is 1.30 bits per heavy atom. The number of amides is 2. The summed E-state index contributed by atoms with van der Waals surface area (Å²) >= 11 is 0. The van der Waals surface area contributed by atoms with Gasteiger partial charge in [-0.25, -0.2) is 0 Å². The van der Waals surface area contributed by atoms with Gasteiger partial charge in [0.25, 0.3) is 0 Å². The third-order valence-corrected chi connectivity index (χ3v) is 4.00. The van der Waals surface area contributed by atoms with E-state index >= 15 is 0 Å². The van der Waals surface area contributed by atoms with E-state index in [-0.39, 0.29) is 18.4 Å². The fourth-order valence-electron chi connectivity index (χ4n) is 2.87. The first-order chi connectivity index (χ1) is 9.65. The van der Waals surface area contributed by atoms with Gasteiger partial charge in [0.05, 0.1) is 6.10 Å².